The molecule has 3 aromatic rings. The van der Waals surface area contributed by atoms with Gasteiger partial charge in [0.25, 0.3) is 0 Å². The van der Waals surface area contributed by atoms with Crippen LogP contribution < -0.4 is 4.74 Å². The standard InChI is InChI=1S/C30H37FN2O2S/c1-34-29-8-4-23(5-9-29)16-33-18-27(30(19-33)26-12-15-36-22-26)17-32-13-10-25(11-14-32)21-35-20-24-2-6-28(31)7-3-24/h2-9,12,15,22,25,27,30H,10-11,13-14,16-21H2,1H3. The topological polar surface area (TPSA) is 24.9 Å². The molecule has 36 heavy (non-hydrogen) atoms. The molecule has 0 bridgehead atoms. The molecule has 2 fully saturated rings. The summed E-state index contributed by atoms with van der Waals surface area (Å²) in [5.74, 6) is 2.59. The highest BCUT2D eigenvalue weighted by molar-refractivity contribution is 7.08. The molecule has 2 saturated heterocycles. The smallest absolute Gasteiger partial charge is 0.123 e. The Kier molecular flexibility index (Phi) is 8.70. The normalized spacial score (nSPS) is 21.7. The third-order valence-corrected chi connectivity index (χ3v) is 8.49. The molecule has 2 aromatic carbocycles. The Bertz CT molecular complexity index is 1050. The van der Waals surface area contributed by atoms with Crippen molar-refractivity contribution in [2.24, 2.45) is 11.8 Å². The van der Waals surface area contributed by atoms with Gasteiger partial charge in [-0.15, -0.1) is 0 Å². The van der Waals surface area contributed by atoms with Gasteiger partial charge in [0, 0.05) is 38.7 Å². The van der Waals surface area contributed by atoms with Crippen molar-refractivity contribution in [1.82, 2.24) is 9.80 Å². The van der Waals surface area contributed by atoms with Crippen LogP contribution >= 0.6 is 11.3 Å². The van der Waals surface area contributed by atoms with E-state index in [2.05, 4.69) is 50.9 Å². The fourth-order valence-electron chi connectivity index (χ4n) is 5.72. The summed E-state index contributed by atoms with van der Waals surface area (Å²) in [6.45, 7) is 8.09. The molecule has 3 heterocycles. The fourth-order valence-corrected chi connectivity index (χ4v) is 6.44. The highest BCUT2D eigenvalue weighted by atomic mass is 32.1. The van der Waals surface area contributed by atoms with Crippen molar-refractivity contribution in [3.05, 3.63) is 87.9 Å². The number of piperidine rings is 1. The second kappa shape index (κ2) is 12.3. The average Bonchev–Trinajstić information content (AvgIpc) is 3.57. The zero-order valence-electron chi connectivity index (χ0n) is 21.2. The van der Waals surface area contributed by atoms with Gasteiger partial charge in [0.1, 0.15) is 11.6 Å². The van der Waals surface area contributed by atoms with Crippen LogP contribution in [0, 0.1) is 17.7 Å². The first-order valence-electron chi connectivity index (χ1n) is 13.1. The lowest BCUT2D eigenvalue weighted by Gasteiger charge is -2.34. The molecule has 5 rings (SSSR count). The molecule has 0 N–H and O–H groups in total. The van der Waals surface area contributed by atoms with Crippen LogP contribution in [0.5, 0.6) is 5.75 Å². The van der Waals surface area contributed by atoms with Crippen molar-refractivity contribution < 1.29 is 13.9 Å². The highest BCUT2D eigenvalue weighted by Gasteiger charge is 2.35. The molecule has 2 aliphatic heterocycles. The first-order valence-corrected chi connectivity index (χ1v) is 14.0. The zero-order valence-corrected chi connectivity index (χ0v) is 22.0. The van der Waals surface area contributed by atoms with Gasteiger partial charge < -0.3 is 14.4 Å². The van der Waals surface area contributed by atoms with Crippen LogP contribution in [0.15, 0.2) is 65.4 Å². The van der Waals surface area contributed by atoms with Gasteiger partial charge in [-0.3, -0.25) is 4.90 Å². The molecule has 2 atom stereocenters. The summed E-state index contributed by atoms with van der Waals surface area (Å²) in [5.41, 5.74) is 3.89. The van der Waals surface area contributed by atoms with E-state index in [-0.39, 0.29) is 5.82 Å². The second-order valence-electron chi connectivity index (χ2n) is 10.4. The van der Waals surface area contributed by atoms with Crippen LogP contribution in [-0.4, -0.2) is 56.2 Å². The number of nitrogens with zero attached hydrogens (tertiary/aromatic N) is 2. The maximum atomic E-state index is 13.1. The predicted molar refractivity (Wildman–Crippen MR) is 144 cm³/mol. The van der Waals surface area contributed by atoms with Gasteiger partial charge in [-0.05, 0) is 95.5 Å². The maximum absolute atomic E-state index is 13.1. The Morgan fingerprint density at radius 1 is 0.917 bits per heavy atom. The van der Waals surface area contributed by atoms with Crippen molar-refractivity contribution in [3.8, 4) is 5.75 Å². The van der Waals surface area contributed by atoms with E-state index in [1.807, 2.05) is 11.3 Å². The van der Waals surface area contributed by atoms with Gasteiger partial charge in [0.15, 0.2) is 0 Å². The van der Waals surface area contributed by atoms with E-state index in [1.165, 1.54) is 42.6 Å². The number of methoxy groups -OCH3 is 1. The fraction of sp³-hybridized carbons (Fsp3) is 0.467. The maximum Gasteiger partial charge on any atom is 0.123 e. The monoisotopic (exact) mass is 508 g/mol. The Labute approximate surface area is 218 Å². The predicted octanol–water partition coefficient (Wildman–Crippen LogP) is 6.04. The molecule has 6 heteroatoms. The lowest BCUT2D eigenvalue weighted by Crippen LogP contribution is -2.39. The second-order valence-corrected chi connectivity index (χ2v) is 11.1. The number of likely N-dealkylation sites (tertiary alicyclic amines) is 2. The molecular formula is C30H37FN2O2S. The lowest BCUT2D eigenvalue weighted by molar-refractivity contribution is 0.0542. The van der Waals surface area contributed by atoms with Crippen molar-refractivity contribution in [2.45, 2.75) is 31.9 Å². The summed E-state index contributed by atoms with van der Waals surface area (Å²) in [6.07, 6.45) is 2.38. The van der Waals surface area contributed by atoms with Gasteiger partial charge in [-0.2, -0.15) is 11.3 Å². The minimum absolute atomic E-state index is 0.196. The number of thiophene rings is 1. The summed E-state index contributed by atoms with van der Waals surface area (Å²) >= 11 is 1.81. The zero-order chi connectivity index (χ0) is 24.7. The summed E-state index contributed by atoms with van der Waals surface area (Å²) < 4.78 is 24.4. The van der Waals surface area contributed by atoms with E-state index >= 15 is 0 Å². The number of hydrogen-bond acceptors (Lipinski definition) is 5. The summed E-state index contributed by atoms with van der Waals surface area (Å²) in [4.78, 5) is 5.31. The largest absolute Gasteiger partial charge is 0.497 e. The summed E-state index contributed by atoms with van der Waals surface area (Å²) in [5, 5.41) is 4.56. The van der Waals surface area contributed by atoms with Crippen LogP contribution in [0.1, 0.15) is 35.4 Å². The van der Waals surface area contributed by atoms with Gasteiger partial charge >= 0.3 is 0 Å². The number of hydrogen-bond donors (Lipinski definition) is 0. The van der Waals surface area contributed by atoms with Crippen LogP contribution in [-0.2, 0) is 17.9 Å². The van der Waals surface area contributed by atoms with Gasteiger partial charge in [0.2, 0.25) is 0 Å². The van der Waals surface area contributed by atoms with E-state index in [0.29, 0.717) is 24.4 Å². The molecule has 4 nitrogen and oxygen atoms in total. The van der Waals surface area contributed by atoms with Crippen LogP contribution in [0.3, 0.4) is 0 Å². The van der Waals surface area contributed by atoms with Gasteiger partial charge in [0.05, 0.1) is 13.7 Å². The minimum atomic E-state index is -0.196. The van der Waals surface area contributed by atoms with E-state index in [1.54, 1.807) is 19.2 Å². The molecule has 0 aliphatic carbocycles. The SMILES string of the molecule is COc1ccc(CN2CC(CN3CCC(COCc4ccc(F)cc4)CC3)C(c3ccsc3)C2)cc1. The van der Waals surface area contributed by atoms with E-state index in [4.69, 9.17) is 9.47 Å². The van der Waals surface area contributed by atoms with Crippen molar-refractivity contribution in [1.29, 1.82) is 0 Å². The molecule has 0 amide bonds. The van der Waals surface area contributed by atoms with Crippen LogP contribution in [0.4, 0.5) is 4.39 Å². The van der Waals surface area contributed by atoms with Crippen LogP contribution in [0.25, 0.3) is 0 Å². The third kappa shape index (κ3) is 6.74. The Hall–Kier alpha value is -2.25. The van der Waals surface area contributed by atoms with Crippen LogP contribution in [0.2, 0.25) is 0 Å². The summed E-state index contributed by atoms with van der Waals surface area (Å²) in [7, 11) is 1.72. The molecule has 0 radical (unpaired) electrons. The third-order valence-electron chi connectivity index (χ3n) is 7.79. The first-order chi connectivity index (χ1) is 17.7. The lowest BCUT2D eigenvalue weighted by atomic mass is 9.89. The Balaban J connectivity index is 1.10. The number of benzene rings is 2. The van der Waals surface area contributed by atoms with E-state index < -0.39 is 0 Å². The van der Waals surface area contributed by atoms with Crippen molar-refractivity contribution in [3.63, 3.8) is 0 Å². The number of ether oxygens (including phenoxy) is 2. The Morgan fingerprint density at radius 3 is 2.36 bits per heavy atom. The molecule has 2 aliphatic rings. The van der Waals surface area contributed by atoms with E-state index in [0.717, 1.165) is 50.6 Å². The molecule has 0 spiro atoms. The first kappa shape index (κ1) is 25.4. The van der Waals surface area contributed by atoms with Gasteiger partial charge in [-0.1, -0.05) is 24.3 Å². The van der Waals surface area contributed by atoms with Crippen molar-refractivity contribution >= 4 is 11.3 Å². The molecule has 2 unspecified atom stereocenters. The Morgan fingerprint density at radius 2 is 1.67 bits per heavy atom. The summed E-state index contributed by atoms with van der Waals surface area (Å²) in [6, 6.07) is 17.4. The molecule has 0 saturated carbocycles. The molecule has 1 aromatic heterocycles. The minimum Gasteiger partial charge on any atom is -0.497 e. The van der Waals surface area contributed by atoms with Crippen molar-refractivity contribution in [2.75, 3.05) is 46.4 Å². The number of rotatable bonds is 10. The van der Waals surface area contributed by atoms with Gasteiger partial charge in [-0.25, -0.2) is 4.39 Å². The average molecular weight is 509 g/mol. The molecule has 192 valence electrons. The molecular weight excluding hydrogens is 471 g/mol. The highest BCUT2D eigenvalue weighted by Crippen LogP contribution is 2.36. The van der Waals surface area contributed by atoms with E-state index in [9.17, 15) is 4.39 Å². The number of halogens is 1. The quantitative estimate of drug-likeness (QED) is 0.333.